The summed E-state index contributed by atoms with van der Waals surface area (Å²) in [6.45, 7) is 3.53. The monoisotopic (exact) mass is 324 g/mol. The van der Waals surface area contributed by atoms with E-state index in [0.717, 1.165) is 11.3 Å². The van der Waals surface area contributed by atoms with Crippen LogP contribution in [0.15, 0.2) is 52.3 Å². The van der Waals surface area contributed by atoms with E-state index in [4.69, 9.17) is 5.26 Å². The van der Waals surface area contributed by atoms with Crippen LogP contribution in [0.2, 0.25) is 0 Å². The Bertz CT molecular complexity index is 776. The van der Waals surface area contributed by atoms with E-state index >= 15 is 0 Å². The van der Waals surface area contributed by atoms with Crippen molar-refractivity contribution in [2.24, 2.45) is 4.99 Å². The van der Waals surface area contributed by atoms with Crippen molar-refractivity contribution >= 4 is 5.96 Å². The normalized spacial score (nSPS) is 10.9. The van der Waals surface area contributed by atoms with Gasteiger partial charge in [-0.1, -0.05) is 30.3 Å². The minimum atomic E-state index is -0.132. The molecule has 0 amide bonds. The Balaban J connectivity index is 1.97. The molecular formula is C17H20N6O. The van der Waals surface area contributed by atoms with Gasteiger partial charge in [-0.2, -0.15) is 10.4 Å². The second kappa shape index (κ2) is 9.10. The minimum Gasteiger partial charge on any atom is -0.356 e. The molecule has 0 bridgehead atoms. The zero-order valence-electron chi connectivity index (χ0n) is 13.6. The molecule has 0 aliphatic heterocycles. The van der Waals surface area contributed by atoms with E-state index in [1.807, 2.05) is 43.4 Å². The highest BCUT2D eigenvalue weighted by molar-refractivity contribution is 5.81. The van der Waals surface area contributed by atoms with Crippen LogP contribution in [0.25, 0.3) is 11.3 Å². The van der Waals surface area contributed by atoms with Gasteiger partial charge in [0.1, 0.15) is 0 Å². The molecule has 0 unspecified atom stereocenters. The maximum atomic E-state index is 11.9. The Kier molecular flexibility index (Phi) is 6.53. The molecular weight excluding hydrogens is 304 g/mol. The predicted octanol–water partition coefficient (Wildman–Crippen LogP) is 1.34. The number of aliphatic imine (C=N–C) groups is 1. The quantitative estimate of drug-likeness (QED) is 0.275. The molecule has 1 aromatic heterocycles. The molecule has 1 aromatic carbocycles. The molecule has 2 N–H and O–H groups in total. The van der Waals surface area contributed by atoms with Gasteiger partial charge in [-0.15, -0.1) is 0 Å². The summed E-state index contributed by atoms with van der Waals surface area (Å²) in [5.74, 6) is 0.443. The highest BCUT2D eigenvalue weighted by atomic mass is 16.1. The number of aryl methyl sites for hydroxylation is 1. The molecule has 2 rings (SSSR count). The highest BCUT2D eigenvalue weighted by Gasteiger charge is 2.03. The summed E-state index contributed by atoms with van der Waals surface area (Å²) in [7, 11) is 0. The van der Waals surface area contributed by atoms with Crippen LogP contribution in [-0.4, -0.2) is 28.8 Å². The van der Waals surface area contributed by atoms with Crippen LogP contribution in [-0.2, 0) is 6.54 Å². The van der Waals surface area contributed by atoms with E-state index < -0.39 is 0 Å². The lowest BCUT2D eigenvalue weighted by atomic mass is 10.1. The molecule has 124 valence electrons. The van der Waals surface area contributed by atoms with Crippen molar-refractivity contribution in [3.05, 3.63) is 52.8 Å². The van der Waals surface area contributed by atoms with E-state index in [-0.39, 0.29) is 5.56 Å². The van der Waals surface area contributed by atoms with Crippen molar-refractivity contribution in [2.45, 2.75) is 19.9 Å². The summed E-state index contributed by atoms with van der Waals surface area (Å²) >= 11 is 0. The molecule has 7 heteroatoms. The van der Waals surface area contributed by atoms with Gasteiger partial charge in [-0.25, -0.2) is 4.68 Å². The first-order valence-corrected chi connectivity index (χ1v) is 7.81. The highest BCUT2D eigenvalue weighted by Crippen LogP contribution is 2.13. The van der Waals surface area contributed by atoms with Crippen LogP contribution in [0, 0.1) is 11.5 Å². The number of hydrogen-bond donors (Lipinski definition) is 2. The van der Waals surface area contributed by atoms with Crippen molar-refractivity contribution in [1.29, 1.82) is 5.26 Å². The number of benzene rings is 1. The summed E-state index contributed by atoms with van der Waals surface area (Å²) < 4.78 is 1.46. The van der Waals surface area contributed by atoms with Crippen molar-refractivity contribution in [1.82, 2.24) is 20.4 Å². The minimum absolute atomic E-state index is 0.132. The average Bonchev–Trinajstić information content (AvgIpc) is 2.61. The molecule has 24 heavy (non-hydrogen) atoms. The third-order valence-corrected chi connectivity index (χ3v) is 3.27. The summed E-state index contributed by atoms with van der Waals surface area (Å²) in [5, 5.41) is 18.6. The molecule has 0 aliphatic rings. The van der Waals surface area contributed by atoms with Gasteiger partial charge in [-0.05, 0) is 19.4 Å². The Hall–Kier alpha value is -3.14. The van der Waals surface area contributed by atoms with Crippen molar-refractivity contribution in [3.8, 4) is 17.5 Å². The molecule has 1 heterocycles. The van der Waals surface area contributed by atoms with Crippen molar-refractivity contribution < 1.29 is 0 Å². The van der Waals surface area contributed by atoms with Crippen LogP contribution < -0.4 is 16.2 Å². The van der Waals surface area contributed by atoms with Gasteiger partial charge >= 0.3 is 0 Å². The zero-order chi connectivity index (χ0) is 17.2. The van der Waals surface area contributed by atoms with Gasteiger partial charge in [0.15, 0.2) is 6.19 Å². The van der Waals surface area contributed by atoms with Crippen molar-refractivity contribution in [2.75, 3.05) is 13.1 Å². The first-order chi connectivity index (χ1) is 11.7. The fourth-order valence-corrected chi connectivity index (χ4v) is 2.16. The smallest absolute Gasteiger partial charge is 0.266 e. The molecule has 0 fully saturated rings. The van der Waals surface area contributed by atoms with E-state index in [1.54, 1.807) is 6.07 Å². The van der Waals surface area contributed by atoms with Gasteiger partial charge in [-0.3, -0.25) is 15.1 Å². The first-order valence-electron chi connectivity index (χ1n) is 7.81. The number of rotatable bonds is 6. The largest absolute Gasteiger partial charge is 0.356 e. The van der Waals surface area contributed by atoms with Gasteiger partial charge in [0.25, 0.3) is 5.56 Å². The van der Waals surface area contributed by atoms with Crippen LogP contribution in [0.1, 0.15) is 13.3 Å². The summed E-state index contributed by atoms with van der Waals surface area (Å²) in [6, 6.07) is 13.0. The van der Waals surface area contributed by atoms with E-state index in [2.05, 4.69) is 20.7 Å². The van der Waals surface area contributed by atoms with Crippen LogP contribution >= 0.6 is 0 Å². The predicted molar refractivity (Wildman–Crippen MR) is 93.3 cm³/mol. The Morgan fingerprint density at radius 2 is 2.08 bits per heavy atom. The van der Waals surface area contributed by atoms with Gasteiger partial charge < -0.3 is 5.32 Å². The third-order valence-electron chi connectivity index (χ3n) is 3.27. The van der Waals surface area contributed by atoms with Gasteiger partial charge in [0.05, 0.1) is 5.69 Å². The maximum absolute atomic E-state index is 11.9. The number of guanidine groups is 1. The first kappa shape index (κ1) is 17.2. The number of nitrogens with one attached hydrogen (secondary N) is 2. The van der Waals surface area contributed by atoms with Gasteiger partial charge in [0, 0.05) is 31.3 Å². The Labute approximate surface area is 140 Å². The second-order valence-electron chi connectivity index (χ2n) is 4.99. The SMILES string of the molecule is CC/N=C(\NC#N)NCCCn1nc(-c2ccccc2)ccc1=O. The van der Waals surface area contributed by atoms with Gasteiger partial charge in [0.2, 0.25) is 5.96 Å². The average molecular weight is 324 g/mol. The molecule has 0 aliphatic carbocycles. The molecule has 0 spiro atoms. The molecule has 0 radical (unpaired) electrons. The van der Waals surface area contributed by atoms with Crippen LogP contribution in [0.5, 0.6) is 0 Å². The lowest BCUT2D eigenvalue weighted by molar-refractivity contribution is 0.545. The zero-order valence-corrected chi connectivity index (χ0v) is 13.6. The fourth-order valence-electron chi connectivity index (χ4n) is 2.16. The van der Waals surface area contributed by atoms with Crippen molar-refractivity contribution in [3.63, 3.8) is 0 Å². The lowest BCUT2D eigenvalue weighted by Gasteiger charge is -2.09. The number of hydrogen-bond acceptors (Lipinski definition) is 4. The molecule has 0 saturated heterocycles. The van der Waals surface area contributed by atoms with Crippen LogP contribution in [0.3, 0.4) is 0 Å². The Morgan fingerprint density at radius 3 is 2.79 bits per heavy atom. The topological polar surface area (TPSA) is 95.1 Å². The van der Waals surface area contributed by atoms with E-state index in [9.17, 15) is 4.79 Å². The lowest BCUT2D eigenvalue weighted by Crippen LogP contribution is -2.36. The second-order valence-corrected chi connectivity index (χ2v) is 4.99. The summed E-state index contributed by atoms with van der Waals surface area (Å²) in [5.41, 5.74) is 1.61. The number of nitriles is 1. The molecule has 2 aromatic rings. The molecule has 0 saturated carbocycles. The summed E-state index contributed by atoms with van der Waals surface area (Å²) in [4.78, 5) is 16.1. The summed E-state index contributed by atoms with van der Waals surface area (Å²) in [6.07, 6.45) is 2.52. The standard InChI is InChI=1S/C17H20N6O/c1-2-19-17(21-13-18)20-11-6-12-23-16(24)10-9-15(22-23)14-7-4-3-5-8-14/h3-5,7-10H,2,6,11-12H2,1H3,(H2,19,20,21). The van der Waals surface area contributed by atoms with Crippen LogP contribution in [0.4, 0.5) is 0 Å². The maximum Gasteiger partial charge on any atom is 0.266 e. The third kappa shape index (κ3) is 4.95. The molecule has 7 nitrogen and oxygen atoms in total. The molecule has 0 atom stereocenters. The Morgan fingerprint density at radius 1 is 1.29 bits per heavy atom. The number of aromatic nitrogens is 2. The number of nitrogens with zero attached hydrogens (tertiary/aromatic N) is 4. The van der Waals surface area contributed by atoms with E-state index in [1.165, 1.54) is 10.7 Å². The van der Waals surface area contributed by atoms with E-state index in [0.29, 0.717) is 32.0 Å². The fraction of sp³-hybridized carbons (Fsp3) is 0.294.